The summed E-state index contributed by atoms with van der Waals surface area (Å²) in [6.07, 6.45) is 3.06. The third-order valence-corrected chi connectivity index (χ3v) is 5.79. The molecule has 1 heterocycles. The van der Waals surface area contributed by atoms with Crippen LogP contribution in [0.1, 0.15) is 46.6 Å². The number of amides is 1. The third-order valence-electron chi connectivity index (χ3n) is 5.79. The van der Waals surface area contributed by atoms with Crippen molar-refractivity contribution in [1.82, 2.24) is 9.78 Å². The molecular formula is C18H27N3O5. The molecule has 1 fully saturated rings. The minimum Gasteiger partial charge on any atom is -0.469 e. The van der Waals surface area contributed by atoms with Gasteiger partial charge in [-0.15, -0.1) is 0 Å². The van der Waals surface area contributed by atoms with Crippen molar-refractivity contribution >= 4 is 23.5 Å². The smallest absolute Gasteiger partial charge is 0.307 e. The number of methoxy groups -OCH3 is 2. The zero-order valence-corrected chi connectivity index (χ0v) is 16.2. The summed E-state index contributed by atoms with van der Waals surface area (Å²) in [7, 11) is 2.57. The van der Waals surface area contributed by atoms with Crippen molar-refractivity contribution in [2.24, 2.45) is 16.7 Å². The van der Waals surface area contributed by atoms with Gasteiger partial charge in [0, 0.05) is 12.1 Å². The van der Waals surface area contributed by atoms with Crippen LogP contribution in [0.3, 0.4) is 0 Å². The Morgan fingerprint density at radius 3 is 2.04 bits per heavy atom. The molecule has 0 bridgehead atoms. The van der Waals surface area contributed by atoms with Crippen LogP contribution in [0.15, 0.2) is 12.4 Å². The SMILES string of the molecule is COC(=O)CC(CC(=O)OC)n1cc(NC(=O)C2C(C)(C)C2(C)C)cn1. The summed E-state index contributed by atoms with van der Waals surface area (Å²) in [4.78, 5) is 35.7. The highest BCUT2D eigenvalue weighted by Gasteiger charge is 2.68. The topological polar surface area (TPSA) is 99.5 Å². The fourth-order valence-electron chi connectivity index (χ4n) is 3.48. The van der Waals surface area contributed by atoms with Crippen LogP contribution < -0.4 is 5.32 Å². The van der Waals surface area contributed by atoms with Crippen LogP contribution in [0.25, 0.3) is 0 Å². The Labute approximate surface area is 153 Å². The lowest BCUT2D eigenvalue weighted by molar-refractivity contribution is -0.144. The quantitative estimate of drug-likeness (QED) is 0.744. The molecule has 1 N–H and O–H groups in total. The maximum absolute atomic E-state index is 12.5. The van der Waals surface area contributed by atoms with Crippen molar-refractivity contribution in [2.45, 2.75) is 46.6 Å². The minimum atomic E-state index is -0.547. The largest absolute Gasteiger partial charge is 0.469 e. The summed E-state index contributed by atoms with van der Waals surface area (Å²) in [5.41, 5.74) is 0.393. The molecule has 0 atom stereocenters. The maximum atomic E-state index is 12.5. The van der Waals surface area contributed by atoms with E-state index in [1.807, 2.05) is 0 Å². The first-order chi connectivity index (χ1) is 12.0. The highest BCUT2D eigenvalue weighted by molar-refractivity contribution is 5.95. The zero-order valence-electron chi connectivity index (χ0n) is 16.2. The van der Waals surface area contributed by atoms with Crippen LogP contribution in [0.4, 0.5) is 5.69 Å². The van der Waals surface area contributed by atoms with Gasteiger partial charge in [0.15, 0.2) is 0 Å². The number of anilines is 1. The molecule has 8 heteroatoms. The monoisotopic (exact) mass is 365 g/mol. The van der Waals surface area contributed by atoms with Gasteiger partial charge < -0.3 is 14.8 Å². The standard InChI is InChI=1S/C18H27N3O5/c1-17(2)15(18(17,3)4)16(24)20-11-9-19-21(10-11)12(7-13(22)25-5)8-14(23)26-6/h9-10,12,15H,7-8H2,1-6H3,(H,20,24). The van der Waals surface area contributed by atoms with E-state index in [4.69, 9.17) is 0 Å². The van der Waals surface area contributed by atoms with Gasteiger partial charge >= 0.3 is 11.9 Å². The van der Waals surface area contributed by atoms with Gasteiger partial charge in [0.1, 0.15) is 0 Å². The number of aromatic nitrogens is 2. The van der Waals surface area contributed by atoms with Gasteiger partial charge in [-0.1, -0.05) is 27.7 Å². The molecule has 26 heavy (non-hydrogen) atoms. The second-order valence-electron chi connectivity index (χ2n) is 7.79. The average molecular weight is 365 g/mol. The molecule has 0 radical (unpaired) electrons. The van der Waals surface area contributed by atoms with E-state index in [2.05, 4.69) is 47.6 Å². The Kier molecular flexibility index (Phi) is 5.44. The van der Waals surface area contributed by atoms with E-state index >= 15 is 0 Å². The summed E-state index contributed by atoms with van der Waals surface area (Å²) < 4.78 is 10.8. The second kappa shape index (κ2) is 7.09. The Morgan fingerprint density at radius 1 is 1.12 bits per heavy atom. The number of carbonyl (C=O) groups excluding carboxylic acids is 3. The molecule has 1 aromatic heterocycles. The normalized spacial score (nSPS) is 17.7. The van der Waals surface area contributed by atoms with E-state index in [0.717, 1.165) is 0 Å². The van der Waals surface area contributed by atoms with E-state index in [9.17, 15) is 14.4 Å². The minimum absolute atomic E-state index is 0.0245. The molecule has 1 aliphatic carbocycles. The number of carbonyl (C=O) groups is 3. The summed E-state index contributed by atoms with van der Waals surface area (Å²) in [5.74, 6) is -1.06. The Bertz CT molecular complexity index is 675. The predicted octanol–water partition coefficient (Wildman–Crippen LogP) is 2.17. The predicted molar refractivity (Wildman–Crippen MR) is 94.2 cm³/mol. The number of hydrogen-bond acceptors (Lipinski definition) is 6. The highest BCUT2D eigenvalue weighted by atomic mass is 16.5. The van der Waals surface area contributed by atoms with Crippen LogP contribution in [-0.2, 0) is 23.9 Å². The van der Waals surface area contributed by atoms with Gasteiger partial charge in [0.25, 0.3) is 0 Å². The molecular weight excluding hydrogens is 338 g/mol. The fraction of sp³-hybridized carbons (Fsp3) is 0.667. The van der Waals surface area contributed by atoms with Gasteiger partial charge in [-0.2, -0.15) is 5.10 Å². The van der Waals surface area contributed by atoms with E-state index < -0.39 is 18.0 Å². The molecule has 0 saturated heterocycles. The molecule has 8 nitrogen and oxygen atoms in total. The lowest BCUT2D eigenvalue weighted by Gasteiger charge is -2.15. The number of esters is 2. The summed E-state index contributed by atoms with van der Waals surface area (Å²) >= 11 is 0. The van der Waals surface area contributed by atoms with Crippen LogP contribution in [0, 0.1) is 16.7 Å². The van der Waals surface area contributed by atoms with E-state index in [1.54, 1.807) is 6.20 Å². The molecule has 2 rings (SSSR count). The number of nitrogens with zero attached hydrogens (tertiary/aromatic N) is 2. The van der Waals surface area contributed by atoms with Gasteiger partial charge in [-0.3, -0.25) is 19.1 Å². The first-order valence-electron chi connectivity index (χ1n) is 8.53. The highest BCUT2D eigenvalue weighted by Crippen LogP contribution is 2.68. The number of hydrogen-bond donors (Lipinski definition) is 1. The molecule has 1 aromatic rings. The van der Waals surface area contributed by atoms with E-state index in [1.165, 1.54) is 25.1 Å². The Balaban J connectivity index is 2.09. The summed E-state index contributed by atoms with van der Waals surface area (Å²) in [6, 6.07) is -0.547. The first kappa shape index (κ1) is 19.9. The van der Waals surface area contributed by atoms with E-state index in [0.29, 0.717) is 5.69 Å². The van der Waals surface area contributed by atoms with Crippen molar-refractivity contribution in [3.05, 3.63) is 12.4 Å². The van der Waals surface area contributed by atoms with Gasteiger partial charge in [0.2, 0.25) is 5.91 Å². The van der Waals surface area contributed by atoms with Gasteiger partial charge in [-0.25, -0.2) is 0 Å². The van der Waals surface area contributed by atoms with Crippen LogP contribution in [0.5, 0.6) is 0 Å². The summed E-state index contributed by atoms with van der Waals surface area (Å²) in [5, 5.41) is 7.05. The molecule has 1 saturated carbocycles. The third kappa shape index (κ3) is 3.73. The molecule has 0 spiro atoms. The lowest BCUT2D eigenvalue weighted by atomic mass is 10.0. The molecule has 0 aromatic carbocycles. The Hall–Kier alpha value is -2.38. The molecule has 1 aliphatic rings. The molecule has 144 valence electrons. The molecule has 1 amide bonds. The van der Waals surface area contributed by atoms with Crippen molar-refractivity contribution in [2.75, 3.05) is 19.5 Å². The second-order valence-corrected chi connectivity index (χ2v) is 7.79. The van der Waals surface area contributed by atoms with Crippen molar-refractivity contribution in [1.29, 1.82) is 0 Å². The maximum Gasteiger partial charge on any atom is 0.307 e. The van der Waals surface area contributed by atoms with Crippen molar-refractivity contribution in [3.63, 3.8) is 0 Å². The number of nitrogens with one attached hydrogen (secondary N) is 1. The first-order valence-corrected chi connectivity index (χ1v) is 8.53. The van der Waals surface area contributed by atoms with Gasteiger partial charge in [0.05, 0.1) is 45.0 Å². The zero-order chi connectivity index (χ0) is 19.7. The van der Waals surface area contributed by atoms with Crippen LogP contribution in [-0.4, -0.2) is 41.8 Å². The van der Waals surface area contributed by atoms with Crippen molar-refractivity contribution < 1.29 is 23.9 Å². The average Bonchev–Trinajstić information content (AvgIpc) is 2.89. The Morgan fingerprint density at radius 2 is 1.62 bits per heavy atom. The lowest BCUT2D eigenvalue weighted by Crippen LogP contribution is -2.20. The fourth-order valence-corrected chi connectivity index (χ4v) is 3.48. The molecule has 0 aliphatic heterocycles. The summed E-state index contributed by atoms with van der Waals surface area (Å²) in [6.45, 7) is 8.29. The van der Waals surface area contributed by atoms with Gasteiger partial charge in [-0.05, 0) is 10.8 Å². The van der Waals surface area contributed by atoms with Crippen LogP contribution in [0.2, 0.25) is 0 Å². The number of ether oxygens (including phenoxy) is 2. The number of rotatable bonds is 7. The van der Waals surface area contributed by atoms with Crippen LogP contribution >= 0.6 is 0 Å². The molecule has 0 unspecified atom stereocenters. The van der Waals surface area contributed by atoms with Crippen molar-refractivity contribution in [3.8, 4) is 0 Å². The van der Waals surface area contributed by atoms with E-state index in [-0.39, 0.29) is 35.5 Å².